The van der Waals surface area contributed by atoms with Crippen LogP contribution >= 0.6 is 11.3 Å². The van der Waals surface area contributed by atoms with Crippen LogP contribution in [-0.2, 0) is 6.54 Å². The van der Waals surface area contributed by atoms with Crippen molar-refractivity contribution in [2.75, 3.05) is 6.61 Å². The molecule has 0 fully saturated rings. The van der Waals surface area contributed by atoms with E-state index in [4.69, 9.17) is 4.74 Å². The van der Waals surface area contributed by atoms with Gasteiger partial charge in [0.1, 0.15) is 23.0 Å². The third-order valence-corrected chi connectivity index (χ3v) is 5.15. The summed E-state index contributed by atoms with van der Waals surface area (Å²) in [5.41, 5.74) is 2.22. The Morgan fingerprint density at radius 3 is 2.74 bits per heavy atom. The molecule has 2 heterocycles. The SMILES string of the molecule is Cc1cccc(OCCn2c(C)nc3sc(C)c(C)c3c2=O)c1. The highest BCUT2D eigenvalue weighted by Gasteiger charge is 2.14. The molecule has 0 spiro atoms. The lowest BCUT2D eigenvalue weighted by molar-refractivity contribution is 0.294. The van der Waals surface area contributed by atoms with Gasteiger partial charge in [-0.2, -0.15) is 0 Å². The smallest absolute Gasteiger partial charge is 0.262 e. The number of rotatable bonds is 4. The molecule has 120 valence electrons. The van der Waals surface area contributed by atoms with Crippen LogP contribution in [0.25, 0.3) is 10.2 Å². The summed E-state index contributed by atoms with van der Waals surface area (Å²) >= 11 is 1.58. The summed E-state index contributed by atoms with van der Waals surface area (Å²) in [4.78, 5) is 19.3. The zero-order valence-electron chi connectivity index (χ0n) is 13.8. The van der Waals surface area contributed by atoms with Gasteiger partial charge in [0.2, 0.25) is 0 Å². The normalized spacial score (nSPS) is 11.1. The van der Waals surface area contributed by atoms with E-state index in [2.05, 4.69) is 4.98 Å². The topological polar surface area (TPSA) is 44.1 Å². The van der Waals surface area contributed by atoms with Crippen LogP contribution in [-0.4, -0.2) is 16.2 Å². The van der Waals surface area contributed by atoms with Crippen LogP contribution in [0.4, 0.5) is 0 Å². The van der Waals surface area contributed by atoms with Gasteiger partial charge in [0.15, 0.2) is 0 Å². The number of hydrogen-bond acceptors (Lipinski definition) is 4. The minimum atomic E-state index is 0.0298. The Kier molecular flexibility index (Phi) is 4.22. The number of ether oxygens (including phenoxy) is 1. The summed E-state index contributed by atoms with van der Waals surface area (Å²) in [5.74, 6) is 1.56. The van der Waals surface area contributed by atoms with Gasteiger partial charge in [0.05, 0.1) is 11.9 Å². The molecule has 0 aliphatic carbocycles. The van der Waals surface area contributed by atoms with Crippen LogP contribution in [0.3, 0.4) is 0 Å². The van der Waals surface area contributed by atoms with Crippen molar-refractivity contribution in [1.82, 2.24) is 9.55 Å². The largest absolute Gasteiger partial charge is 0.492 e. The van der Waals surface area contributed by atoms with E-state index in [1.807, 2.05) is 52.0 Å². The average molecular weight is 328 g/mol. The number of fused-ring (bicyclic) bond motifs is 1. The van der Waals surface area contributed by atoms with Gasteiger partial charge in [0.25, 0.3) is 5.56 Å². The lowest BCUT2D eigenvalue weighted by Crippen LogP contribution is -2.26. The van der Waals surface area contributed by atoms with Crippen molar-refractivity contribution >= 4 is 21.6 Å². The van der Waals surface area contributed by atoms with E-state index in [0.717, 1.165) is 37.8 Å². The fourth-order valence-electron chi connectivity index (χ4n) is 2.65. The second-order valence-electron chi connectivity index (χ2n) is 5.74. The lowest BCUT2D eigenvalue weighted by atomic mass is 10.2. The fourth-order valence-corrected chi connectivity index (χ4v) is 3.72. The molecule has 0 aliphatic heterocycles. The summed E-state index contributed by atoms with van der Waals surface area (Å²) < 4.78 is 7.47. The highest BCUT2D eigenvalue weighted by Crippen LogP contribution is 2.26. The fraction of sp³-hybridized carbons (Fsp3) is 0.333. The molecular weight excluding hydrogens is 308 g/mol. The molecule has 0 saturated heterocycles. The van der Waals surface area contributed by atoms with Crippen LogP contribution in [0.5, 0.6) is 5.75 Å². The van der Waals surface area contributed by atoms with Crippen molar-refractivity contribution < 1.29 is 4.74 Å². The molecule has 0 N–H and O–H groups in total. The number of aryl methyl sites for hydroxylation is 4. The Morgan fingerprint density at radius 1 is 1.22 bits per heavy atom. The van der Waals surface area contributed by atoms with Crippen LogP contribution in [0.15, 0.2) is 29.1 Å². The van der Waals surface area contributed by atoms with Crippen molar-refractivity contribution in [3.63, 3.8) is 0 Å². The van der Waals surface area contributed by atoms with Gasteiger partial charge in [-0.3, -0.25) is 9.36 Å². The van der Waals surface area contributed by atoms with Gasteiger partial charge >= 0.3 is 0 Å². The third kappa shape index (κ3) is 3.01. The molecule has 4 nitrogen and oxygen atoms in total. The van der Waals surface area contributed by atoms with Crippen molar-refractivity contribution in [1.29, 1.82) is 0 Å². The second kappa shape index (κ2) is 6.16. The predicted molar refractivity (Wildman–Crippen MR) is 94.8 cm³/mol. The maximum Gasteiger partial charge on any atom is 0.262 e. The molecule has 3 aromatic rings. The lowest BCUT2D eigenvalue weighted by Gasteiger charge is -2.11. The maximum absolute atomic E-state index is 12.8. The first-order chi connectivity index (χ1) is 11.0. The molecule has 5 heteroatoms. The van der Waals surface area contributed by atoms with Crippen molar-refractivity contribution in [3.05, 3.63) is 56.4 Å². The standard InChI is InChI=1S/C18H20N2O2S/c1-11-6-5-7-15(10-11)22-9-8-20-14(4)19-17-16(18(20)21)12(2)13(3)23-17/h5-7,10H,8-9H2,1-4H3. The first kappa shape index (κ1) is 15.7. The Hall–Kier alpha value is -2.14. The van der Waals surface area contributed by atoms with E-state index >= 15 is 0 Å². The zero-order valence-corrected chi connectivity index (χ0v) is 14.7. The molecule has 0 saturated carbocycles. The molecule has 0 unspecified atom stereocenters. The van der Waals surface area contributed by atoms with Crippen LogP contribution < -0.4 is 10.3 Å². The van der Waals surface area contributed by atoms with Gasteiger partial charge < -0.3 is 4.74 Å². The van der Waals surface area contributed by atoms with E-state index in [1.165, 1.54) is 0 Å². The molecule has 3 rings (SSSR count). The summed E-state index contributed by atoms with van der Waals surface area (Å²) in [6, 6.07) is 7.91. The second-order valence-corrected chi connectivity index (χ2v) is 6.95. The number of hydrogen-bond donors (Lipinski definition) is 0. The Morgan fingerprint density at radius 2 is 2.00 bits per heavy atom. The number of nitrogens with zero attached hydrogens (tertiary/aromatic N) is 2. The van der Waals surface area contributed by atoms with E-state index in [0.29, 0.717) is 13.2 Å². The van der Waals surface area contributed by atoms with Gasteiger partial charge in [-0.25, -0.2) is 4.98 Å². The first-order valence-corrected chi connectivity index (χ1v) is 8.45. The number of thiophene rings is 1. The van der Waals surface area contributed by atoms with Crippen LogP contribution in [0, 0.1) is 27.7 Å². The molecule has 23 heavy (non-hydrogen) atoms. The molecule has 0 amide bonds. The molecule has 2 aromatic heterocycles. The van der Waals surface area contributed by atoms with Crippen molar-refractivity contribution in [3.8, 4) is 5.75 Å². The van der Waals surface area contributed by atoms with Crippen molar-refractivity contribution in [2.45, 2.75) is 34.2 Å². The third-order valence-electron chi connectivity index (χ3n) is 4.05. The number of aromatic nitrogens is 2. The highest BCUT2D eigenvalue weighted by atomic mass is 32.1. The minimum absolute atomic E-state index is 0.0298. The van der Waals surface area contributed by atoms with Crippen LogP contribution in [0.1, 0.15) is 21.8 Å². The Balaban J connectivity index is 1.85. The van der Waals surface area contributed by atoms with Crippen LogP contribution in [0.2, 0.25) is 0 Å². The van der Waals surface area contributed by atoms with Gasteiger partial charge in [0, 0.05) is 4.88 Å². The molecule has 0 atom stereocenters. The summed E-state index contributed by atoms with van der Waals surface area (Å²) in [6.45, 7) is 8.86. The molecule has 1 aromatic carbocycles. The van der Waals surface area contributed by atoms with E-state index < -0.39 is 0 Å². The highest BCUT2D eigenvalue weighted by molar-refractivity contribution is 7.18. The molecule has 0 aliphatic rings. The van der Waals surface area contributed by atoms with Gasteiger partial charge in [-0.15, -0.1) is 11.3 Å². The first-order valence-electron chi connectivity index (χ1n) is 7.64. The van der Waals surface area contributed by atoms with E-state index in [9.17, 15) is 4.79 Å². The monoisotopic (exact) mass is 328 g/mol. The molecule has 0 radical (unpaired) electrons. The quantitative estimate of drug-likeness (QED) is 0.732. The minimum Gasteiger partial charge on any atom is -0.492 e. The molecular formula is C18H20N2O2S. The van der Waals surface area contributed by atoms with E-state index in [-0.39, 0.29) is 5.56 Å². The summed E-state index contributed by atoms with van der Waals surface area (Å²) in [5, 5.41) is 0.744. The van der Waals surface area contributed by atoms with Gasteiger partial charge in [-0.1, -0.05) is 12.1 Å². The maximum atomic E-state index is 12.8. The Labute approximate surface area is 139 Å². The van der Waals surface area contributed by atoms with E-state index in [1.54, 1.807) is 15.9 Å². The summed E-state index contributed by atoms with van der Waals surface area (Å²) in [6.07, 6.45) is 0. The average Bonchev–Trinajstić information content (AvgIpc) is 2.77. The van der Waals surface area contributed by atoms with Gasteiger partial charge in [-0.05, 0) is 51.0 Å². The molecule has 0 bridgehead atoms. The Bertz CT molecular complexity index is 925. The zero-order chi connectivity index (χ0) is 16.6. The predicted octanol–water partition coefficient (Wildman–Crippen LogP) is 3.77. The van der Waals surface area contributed by atoms with Crippen molar-refractivity contribution in [2.24, 2.45) is 0 Å². The summed E-state index contributed by atoms with van der Waals surface area (Å²) in [7, 11) is 0. The number of benzene rings is 1.